The zero-order valence-electron chi connectivity index (χ0n) is 10.5. The highest BCUT2D eigenvalue weighted by molar-refractivity contribution is 6.30. The maximum atomic E-state index is 6.07. The van der Waals surface area contributed by atoms with E-state index in [-0.39, 0.29) is 5.88 Å². The van der Waals surface area contributed by atoms with E-state index in [9.17, 15) is 0 Å². The molecule has 0 bridgehead atoms. The predicted molar refractivity (Wildman–Crippen MR) is 81.4 cm³/mol. The fraction of sp³-hybridized carbons (Fsp3) is 0.0667. The Morgan fingerprint density at radius 2 is 1.75 bits per heavy atom. The van der Waals surface area contributed by atoms with Gasteiger partial charge in [-0.2, -0.15) is 0 Å². The minimum atomic E-state index is 0.284. The molecular formula is C15H11Cl2N3. The Morgan fingerprint density at radius 3 is 2.45 bits per heavy atom. The quantitative estimate of drug-likeness (QED) is 0.674. The number of halogens is 2. The lowest BCUT2D eigenvalue weighted by atomic mass is 10.2. The maximum absolute atomic E-state index is 6.07. The van der Waals surface area contributed by atoms with E-state index >= 15 is 0 Å². The third kappa shape index (κ3) is 2.42. The van der Waals surface area contributed by atoms with E-state index in [0.29, 0.717) is 10.8 Å². The fourth-order valence-electron chi connectivity index (χ4n) is 2.06. The molecule has 0 unspecified atom stereocenters. The van der Waals surface area contributed by atoms with Gasteiger partial charge in [0.15, 0.2) is 11.6 Å². The summed E-state index contributed by atoms with van der Waals surface area (Å²) in [5.74, 6) is 1.73. The van der Waals surface area contributed by atoms with E-state index in [2.05, 4.69) is 10.2 Å². The smallest absolute Gasteiger partial charge is 0.168 e. The van der Waals surface area contributed by atoms with Crippen LogP contribution >= 0.6 is 23.2 Å². The average Bonchev–Trinajstić information content (AvgIpc) is 2.92. The summed E-state index contributed by atoms with van der Waals surface area (Å²) in [6.45, 7) is 0. The van der Waals surface area contributed by atoms with Crippen LogP contribution in [0.1, 0.15) is 5.82 Å². The highest BCUT2D eigenvalue weighted by atomic mass is 35.5. The average molecular weight is 304 g/mol. The van der Waals surface area contributed by atoms with Gasteiger partial charge in [-0.25, -0.2) is 0 Å². The predicted octanol–water partition coefficient (Wildman–Crippen LogP) is 4.33. The Kier molecular flexibility index (Phi) is 3.72. The standard InChI is InChI=1S/C15H11Cl2N3/c16-10-14-18-19-15(11-5-2-1-3-6-11)20(14)13-8-4-7-12(17)9-13/h1-9H,10H2. The number of hydrogen-bond acceptors (Lipinski definition) is 2. The van der Waals surface area contributed by atoms with Crippen molar-refractivity contribution in [2.45, 2.75) is 5.88 Å². The molecule has 5 heteroatoms. The summed E-state index contributed by atoms with van der Waals surface area (Å²) >= 11 is 12.0. The van der Waals surface area contributed by atoms with Crippen molar-refractivity contribution in [3.63, 3.8) is 0 Å². The van der Waals surface area contributed by atoms with Gasteiger partial charge in [-0.15, -0.1) is 21.8 Å². The van der Waals surface area contributed by atoms with Gasteiger partial charge < -0.3 is 0 Å². The first-order valence-corrected chi connectivity index (χ1v) is 7.02. The number of hydrogen-bond donors (Lipinski definition) is 0. The van der Waals surface area contributed by atoms with E-state index in [1.807, 2.05) is 59.2 Å². The van der Waals surface area contributed by atoms with Gasteiger partial charge in [-0.3, -0.25) is 4.57 Å². The van der Waals surface area contributed by atoms with Gasteiger partial charge in [-0.1, -0.05) is 48.0 Å². The lowest BCUT2D eigenvalue weighted by molar-refractivity contribution is 0.953. The van der Waals surface area contributed by atoms with E-state index in [1.165, 1.54) is 0 Å². The van der Waals surface area contributed by atoms with Crippen molar-refractivity contribution in [3.05, 3.63) is 65.4 Å². The summed E-state index contributed by atoms with van der Waals surface area (Å²) in [7, 11) is 0. The van der Waals surface area contributed by atoms with Gasteiger partial charge in [0.25, 0.3) is 0 Å². The number of nitrogens with zero attached hydrogens (tertiary/aromatic N) is 3. The molecule has 0 aliphatic carbocycles. The highest BCUT2D eigenvalue weighted by Crippen LogP contribution is 2.24. The second kappa shape index (κ2) is 5.65. The molecule has 0 aliphatic rings. The molecular weight excluding hydrogens is 293 g/mol. The fourth-order valence-corrected chi connectivity index (χ4v) is 2.42. The molecule has 0 amide bonds. The Balaban J connectivity index is 2.21. The van der Waals surface area contributed by atoms with Crippen molar-refractivity contribution in [1.82, 2.24) is 14.8 Å². The second-order valence-electron chi connectivity index (χ2n) is 4.25. The SMILES string of the molecule is ClCc1nnc(-c2ccccc2)n1-c1cccc(Cl)c1. The minimum absolute atomic E-state index is 0.284. The summed E-state index contributed by atoms with van der Waals surface area (Å²) in [6.07, 6.45) is 0. The van der Waals surface area contributed by atoms with E-state index < -0.39 is 0 Å². The van der Waals surface area contributed by atoms with Crippen molar-refractivity contribution in [3.8, 4) is 17.1 Å². The zero-order chi connectivity index (χ0) is 13.9. The molecule has 100 valence electrons. The molecule has 0 saturated heterocycles. The molecule has 1 aromatic heterocycles. The highest BCUT2D eigenvalue weighted by Gasteiger charge is 2.14. The maximum Gasteiger partial charge on any atom is 0.168 e. The Labute approximate surface area is 126 Å². The first-order chi connectivity index (χ1) is 9.79. The largest absolute Gasteiger partial charge is 0.278 e. The molecule has 0 saturated carbocycles. The monoisotopic (exact) mass is 303 g/mol. The Morgan fingerprint density at radius 1 is 0.950 bits per heavy atom. The number of aromatic nitrogens is 3. The minimum Gasteiger partial charge on any atom is -0.278 e. The van der Waals surface area contributed by atoms with Crippen molar-refractivity contribution in [2.75, 3.05) is 0 Å². The molecule has 2 aromatic carbocycles. The van der Waals surface area contributed by atoms with Crippen LogP contribution in [0.5, 0.6) is 0 Å². The second-order valence-corrected chi connectivity index (χ2v) is 4.96. The topological polar surface area (TPSA) is 30.7 Å². The van der Waals surface area contributed by atoms with Crippen LogP contribution in [0.2, 0.25) is 5.02 Å². The van der Waals surface area contributed by atoms with Crippen LogP contribution in [0.4, 0.5) is 0 Å². The van der Waals surface area contributed by atoms with Crippen LogP contribution in [-0.2, 0) is 5.88 Å². The van der Waals surface area contributed by atoms with Gasteiger partial charge in [0.1, 0.15) is 0 Å². The third-order valence-electron chi connectivity index (χ3n) is 2.95. The molecule has 3 rings (SSSR count). The van der Waals surface area contributed by atoms with E-state index in [4.69, 9.17) is 23.2 Å². The van der Waals surface area contributed by atoms with E-state index in [0.717, 1.165) is 17.1 Å². The first-order valence-electron chi connectivity index (χ1n) is 6.11. The van der Waals surface area contributed by atoms with Crippen LogP contribution < -0.4 is 0 Å². The van der Waals surface area contributed by atoms with Gasteiger partial charge in [-0.05, 0) is 18.2 Å². The van der Waals surface area contributed by atoms with Crippen molar-refractivity contribution < 1.29 is 0 Å². The summed E-state index contributed by atoms with van der Waals surface area (Å²) in [5.41, 5.74) is 1.88. The van der Waals surface area contributed by atoms with Crippen molar-refractivity contribution in [1.29, 1.82) is 0 Å². The van der Waals surface area contributed by atoms with Crippen LogP contribution in [0.15, 0.2) is 54.6 Å². The van der Waals surface area contributed by atoms with Crippen LogP contribution in [-0.4, -0.2) is 14.8 Å². The van der Waals surface area contributed by atoms with Gasteiger partial charge >= 0.3 is 0 Å². The molecule has 0 atom stereocenters. The first kappa shape index (κ1) is 13.2. The lowest BCUT2D eigenvalue weighted by Gasteiger charge is -2.09. The van der Waals surface area contributed by atoms with Crippen LogP contribution in [0.3, 0.4) is 0 Å². The molecule has 20 heavy (non-hydrogen) atoms. The van der Waals surface area contributed by atoms with Gasteiger partial charge in [0.2, 0.25) is 0 Å². The molecule has 3 nitrogen and oxygen atoms in total. The normalized spacial score (nSPS) is 10.7. The number of rotatable bonds is 3. The summed E-state index contributed by atoms with van der Waals surface area (Å²) in [5, 5.41) is 9.07. The molecule has 1 heterocycles. The van der Waals surface area contributed by atoms with Crippen LogP contribution in [0.25, 0.3) is 17.1 Å². The van der Waals surface area contributed by atoms with Crippen molar-refractivity contribution in [2.24, 2.45) is 0 Å². The zero-order valence-corrected chi connectivity index (χ0v) is 12.0. The molecule has 0 radical (unpaired) electrons. The lowest BCUT2D eigenvalue weighted by Crippen LogP contribution is -2.01. The number of benzene rings is 2. The molecule has 0 aliphatic heterocycles. The Bertz CT molecular complexity index is 723. The molecule has 3 aromatic rings. The molecule has 0 fully saturated rings. The summed E-state index contributed by atoms with van der Waals surface area (Å²) in [6, 6.07) is 17.4. The van der Waals surface area contributed by atoms with Gasteiger partial charge in [0.05, 0.1) is 11.6 Å². The summed E-state index contributed by atoms with van der Waals surface area (Å²) < 4.78 is 1.92. The molecule has 0 spiro atoms. The van der Waals surface area contributed by atoms with Crippen molar-refractivity contribution >= 4 is 23.2 Å². The third-order valence-corrected chi connectivity index (χ3v) is 3.42. The summed E-state index contributed by atoms with van der Waals surface area (Å²) in [4.78, 5) is 0. The molecule has 0 N–H and O–H groups in total. The Hall–Kier alpha value is -1.84. The van der Waals surface area contributed by atoms with E-state index in [1.54, 1.807) is 0 Å². The van der Waals surface area contributed by atoms with Crippen LogP contribution in [0, 0.1) is 0 Å². The van der Waals surface area contributed by atoms with Gasteiger partial charge in [0, 0.05) is 10.6 Å². The number of alkyl halides is 1.